The summed E-state index contributed by atoms with van der Waals surface area (Å²) in [7, 11) is 1.95. The van der Waals surface area contributed by atoms with Gasteiger partial charge < -0.3 is 9.88 Å². The van der Waals surface area contributed by atoms with Gasteiger partial charge in [-0.1, -0.05) is 19.8 Å². The number of aromatic amines is 1. The molecule has 0 aliphatic heterocycles. The van der Waals surface area contributed by atoms with E-state index in [0.29, 0.717) is 12.0 Å². The van der Waals surface area contributed by atoms with Crippen molar-refractivity contribution in [1.29, 1.82) is 0 Å². The van der Waals surface area contributed by atoms with E-state index in [-0.39, 0.29) is 5.91 Å². The second-order valence-corrected chi connectivity index (χ2v) is 6.02. The van der Waals surface area contributed by atoms with Crippen molar-refractivity contribution in [1.82, 2.24) is 9.88 Å². The van der Waals surface area contributed by atoms with Crippen LogP contribution >= 0.6 is 0 Å². The minimum absolute atomic E-state index is 0.145. The van der Waals surface area contributed by atoms with Crippen LogP contribution in [-0.4, -0.2) is 28.9 Å². The molecule has 0 bridgehead atoms. The van der Waals surface area contributed by atoms with E-state index in [2.05, 4.69) is 11.9 Å². The molecule has 0 radical (unpaired) electrons. The summed E-state index contributed by atoms with van der Waals surface area (Å²) >= 11 is 0. The number of rotatable bonds is 2. The molecule has 3 heteroatoms. The minimum atomic E-state index is 0.145. The molecule has 1 aromatic carbocycles. The highest BCUT2D eigenvalue weighted by molar-refractivity contribution is 5.98. The van der Waals surface area contributed by atoms with Crippen molar-refractivity contribution < 1.29 is 4.79 Å². The van der Waals surface area contributed by atoms with E-state index in [1.807, 2.05) is 42.4 Å². The lowest BCUT2D eigenvalue weighted by atomic mass is 9.85. The van der Waals surface area contributed by atoms with Crippen LogP contribution in [0.3, 0.4) is 0 Å². The second-order valence-electron chi connectivity index (χ2n) is 6.02. The Morgan fingerprint density at radius 2 is 2.05 bits per heavy atom. The molecule has 1 aliphatic rings. The van der Waals surface area contributed by atoms with Gasteiger partial charge in [-0.25, -0.2) is 0 Å². The summed E-state index contributed by atoms with van der Waals surface area (Å²) in [6.07, 6.45) is 6.82. The zero-order valence-corrected chi connectivity index (χ0v) is 12.2. The highest BCUT2D eigenvalue weighted by atomic mass is 16.2. The van der Waals surface area contributed by atoms with Crippen LogP contribution in [0.5, 0.6) is 0 Å². The molecule has 2 aromatic rings. The Labute approximate surface area is 120 Å². The lowest BCUT2D eigenvalue weighted by Gasteiger charge is -2.36. The molecule has 1 saturated carbocycles. The van der Waals surface area contributed by atoms with Gasteiger partial charge in [0.1, 0.15) is 0 Å². The van der Waals surface area contributed by atoms with Crippen LogP contribution in [-0.2, 0) is 0 Å². The van der Waals surface area contributed by atoms with E-state index in [1.165, 1.54) is 19.3 Å². The largest absolute Gasteiger partial charge is 0.361 e. The van der Waals surface area contributed by atoms with E-state index in [0.717, 1.165) is 22.9 Å². The third-order valence-electron chi connectivity index (χ3n) is 4.68. The third kappa shape index (κ3) is 2.33. The topological polar surface area (TPSA) is 36.1 Å². The normalized spacial score (nSPS) is 22.9. The number of fused-ring (bicyclic) bond motifs is 1. The number of nitrogens with zero attached hydrogens (tertiary/aromatic N) is 1. The SMILES string of the molecule is CC1CCCCC1N(C)C(=O)c1ccc2[nH]ccc2c1. The predicted octanol–water partition coefficient (Wildman–Crippen LogP) is 3.82. The second kappa shape index (κ2) is 5.31. The van der Waals surface area contributed by atoms with Gasteiger partial charge in [-0.05, 0) is 43.0 Å². The molecule has 3 nitrogen and oxygen atoms in total. The number of amides is 1. The molecule has 1 aliphatic carbocycles. The van der Waals surface area contributed by atoms with Crippen LogP contribution in [0, 0.1) is 5.92 Å². The maximum atomic E-state index is 12.7. The Balaban J connectivity index is 1.83. The Kier molecular flexibility index (Phi) is 3.51. The molecular weight excluding hydrogens is 248 g/mol. The van der Waals surface area contributed by atoms with Gasteiger partial charge in [0.15, 0.2) is 0 Å². The summed E-state index contributed by atoms with van der Waals surface area (Å²) in [6.45, 7) is 2.27. The minimum Gasteiger partial charge on any atom is -0.361 e. The Bertz CT molecular complexity index is 616. The van der Waals surface area contributed by atoms with Gasteiger partial charge in [-0.3, -0.25) is 4.79 Å². The fraction of sp³-hybridized carbons (Fsp3) is 0.471. The number of aromatic nitrogens is 1. The van der Waals surface area contributed by atoms with Gasteiger partial charge in [-0.15, -0.1) is 0 Å². The van der Waals surface area contributed by atoms with Crippen molar-refractivity contribution in [3.8, 4) is 0 Å². The number of benzene rings is 1. The summed E-state index contributed by atoms with van der Waals surface area (Å²) in [4.78, 5) is 17.8. The maximum Gasteiger partial charge on any atom is 0.253 e. The number of carbonyl (C=O) groups excluding carboxylic acids is 1. The van der Waals surface area contributed by atoms with Gasteiger partial charge in [-0.2, -0.15) is 0 Å². The summed E-state index contributed by atoms with van der Waals surface area (Å²) in [5.74, 6) is 0.750. The van der Waals surface area contributed by atoms with E-state index in [4.69, 9.17) is 0 Å². The van der Waals surface area contributed by atoms with Crippen LogP contribution < -0.4 is 0 Å². The van der Waals surface area contributed by atoms with Crippen molar-refractivity contribution in [2.24, 2.45) is 5.92 Å². The molecule has 2 unspecified atom stereocenters. The molecule has 3 rings (SSSR count). The average molecular weight is 270 g/mol. The van der Waals surface area contributed by atoms with Crippen LogP contribution in [0.4, 0.5) is 0 Å². The van der Waals surface area contributed by atoms with Crippen molar-refractivity contribution in [3.05, 3.63) is 36.0 Å². The van der Waals surface area contributed by atoms with Crippen LogP contribution in [0.2, 0.25) is 0 Å². The molecule has 1 N–H and O–H groups in total. The molecule has 0 saturated heterocycles. The van der Waals surface area contributed by atoms with Gasteiger partial charge in [0.25, 0.3) is 5.91 Å². The smallest absolute Gasteiger partial charge is 0.253 e. The van der Waals surface area contributed by atoms with E-state index >= 15 is 0 Å². The van der Waals surface area contributed by atoms with Gasteiger partial charge in [0.2, 0.25) is 0 Å². The molecule has 1 fully saturated rings. The first-order chi connectivity index (χ1) is 9.66. The summed E-state index contributed by atoms with van der Waals surface area (Å²) in [5, 5.41) is 1.10. The maximum absolute atomic E-state index is 12.7. The fourth-order valence-electron chi connectivity index (χ4n) is 3.41. The predicted molar refractivity (Wildman–Crippen MR) is 81.8 cm³/mol. The molecule has 106 valence electrons. The molecule has 2 atom stereocenters. The van der Waals surface area contributed by atoms with Crippen LogP contribution in [0.25, 0.3) is 10.9 Å². The lowest BCUT2D eigenvalue weighted by Crippen LogP contribution is -2.42. The standard InChI is InChI=1S/C17H22N2O/c1-12-5-3-4-6-16(12)19(2)17(20)14-7-8-15-13(11-14)9-10-18-15/h7-12,16,18H,3-6H2,1-2H3. The van der Waals surface area contributed by atoms with Crippen molar-refractivity contribution in [3.63, 3.8) is 0 Å². The Hall–Kier alpha value is -1.77. The highest BCUT2D eigenvalue weighted by Gasteiger charge is 2.28. The van der Waals surface area contributed by atoms with Gasteiger partial charge in [0, 0.05) is 35.8 Å². The summed E-state index contributed by atoms with van der Waals surface area (Å²) < 4.78 is 0. The highest BCUT2D eigenvalue weighted by Crippen LogP contribution is 2.28. The van der Waals surface area contributed by atoms with Crippen molar-refractivity contribution in [2.45, 2.75) is 38.6 Å². The molecule has 1 aromatic heterocycles. The zero-order chi connectivity index (χ0) is 14.1. The first kappa shape index (κ1) is 13.2. The molecule has 1 heterocycles. The van der Waals surface area contributed by atoms with Gasteiger partial charge in [0.05, 0.1) is 0 Å². The first-order valence-corrected chi connectivity index (χ1v) is 7.51. The Morgan fingerprint density at radius 1 is 1.25 bits per heavy atom. The lowest BCUT2D eigenvalue weighted by molar-refractivity contribution is 0.0629. The number of hydrogen-bond donors (Lipinski definition) is 1. The number of carbonyl (C=O) groups is 1. The molecule has 20 heavy (non-hydrogen) atoms. The zero-order valence-electron chi connectivity index (χ0n) is 12.2. The number of hydrogen-bond acceptors (Lipinski definition) is 1. The van der Waals surface area contributed by atoms with E-state index in [9.17, 15) is 4.79 Å². The Morgan fingerprint density at radius 3 is 2.85 bits per heavy atom. The third-order valence-corrected chi connectivity index (χ3v) is 4.68. The van der Waals surface area contributed by atoms with Gasteiger partial charge >= 0.3 is 0 Å². The fourth-order valence-corrected chi connectivity index (χ4v) is 3.41. The molecular formula is C17H22N2O. The first-order valence-electron chi connectivity index (χ1n) is 7.51. The molecule has 1 amide bonds. The van der Waals surface area contributed by atoms with Crippen LogP contribution in [0.1, 0.15) is 43.0 Å². The average Bonchev–Trinajstić information content (AvgIpc) is 2.93. The molecule has 0 spiro atoms. The monoisotopic (exact) mass is 270 g/mol. The number of nitrogens with one attached hydrogen (secondary N) is 1. The van der Waals surface area contributed by atoms with Crippen molar-refractivity contribution in [2.75, 3.05) is 7.05 Å². The van der Waals surface area contributed by atoms with E-state index in [1.54, 1.807) is 0 Å². The van der Waals surface area contributed by atoms with E-state index < -0.39 is 0 Å². The number of H-pyrrole nitrogens is 1. The summed E-state index contributed by atoms with van der Waals surface area (Å²) in [6, 6.07) is 8.29. The van der Waals surface area contributed by atoms with Crippen molar-refractivity contribution >= 4 is 16.8 Å². The quantitative estimate of drug-likeness (QED) is 0.884. The van der Waals surface area contributed by atoms with Crippen LogP contribution in [0.15, 0.2) is 30.5 Å². The summed E-state index contributed by atoms with van der Waals surface area (Å²) in [5.41, 5.74) is 1.87.